The van der Waals surface area contributed by atoms with Crippen LogP contribution in [0.3, 0.4) is 0 Å². The Morgan fingerprint density at radius 2 is 1.89 bits per heavy atom. The summed E-state index contributed by atoms with van der Waals surface area (Å²) in [5, 5.41) is 0. The van der Waals surface area contributed by atoms with Gasteiger partial charge in [-0.15, -0.1) is 0 Å². The second-order valence-corrected chi connectivity index (χ2v) is 5.07. The van der Waals surface area contributed by atoms with E-state index in [1.165, 1.54) is 5.56 Å². The summed E-state index contributed by atoms with van der Waals surface area (Å²) >= 11 is 0. The molecule has 0 bridgehead atoms. The maximum atomic E-state index is 13.0. The summed E-state index contributed by atoms with van der Waals surface area (Å²) in [6.45, 7) is 2.65. The molecule has 0 aliphatic heterocycles. The van der Waals surface area contributed by atoms with Crippen LogP contribution in [0.15, 0.2) is 24.3 Å². The molecular weight excluding hydrogens is 234 g/mol. The molecule has 0 unspecified atom stereocenters. The van der Waals surface area contributed by atoms with Crippen LogP contribution in [-0.2, 0) is 6.42 Å². The van der Waals surface area contributed by atoms with Crippen molar-refractivity contribution in [1.82, 2.24) is 0 Å². The molecule has 0 radical (unpaired) electrons. The molecule has 1 fully saturated rings. The molecule has 18 heavy (non-hydrogen) atoms. The number of hydrogen-bond acceptors (Lipinski definition) is 1. The Labute approximate surface area is 107 Å². The third-order valence-corrected chi connectivity index (χ3v) is 3.66. The van der Waals surface area contributed by atoms with Crippen molar-refractivity contribution in [1.29, 1.82) is 0 Å². The first-order chi connectivity index (χ1) is 8.61. The van der Waals surface area contributed by atoms with E-state index in [-0.39, 0.29) is 18.8 Å². The third-order valence-electron chi connectivity index (χ3n) is 3.66. The molecule has 2 rings (SSSR count). The molecule has 1 aromatic rings. The number of aryl methyl sites for hydroxylation is 1. The average Bonchev–Trinajstić information content (AvgIpc) is 2.38. The fourth-order valence-electron chi connectivity index (χ4n) is 2.41. The second-order valence-electron chi connectivity index (χ2n) is 5.07. The molecule has 1 aliphatic carbocycles. The zero-order valence-corrected chi connectivity index (χ0v) is 10.8. The van der Waals surface area contributed by atoms with E-state index in [0.29, 0.717) is 19.4 Å². The van der Waals surface area contributed by atoms with Crippen LogP contribution in [0.5, 0.6) is 5.75 Å². The molecule has 3 heteroatoms. The zero-order valence-electron chi connectivity index (χ0n) is 10.8. The van der Waals surface area contributed by atoms with Gasteiger partial charge in [-0.3, -0.25) is 0 Å². The van der Waals surface area contributed by atoms with E-state index in [1.54, 1.807) is 0 Å². The highest BCUT2D eigenvalue weighted by Crippen LogP contribution is 2.36. The van der Waals surface area contributed by atoms with E-state index in [2.05, 4.69) is 6.92 Å². The average molecular weight is 254 g/mol. The summed E-state index contributed by atoms with van der Waals surface area (Å²) in [7, 11) is 0. The highest BCUT2D eigenvalue weighted by atomic mass is 19.3. The van der Waals surface area contributed by atoms with Crippen LogP contribution in [0, 0.1) is 5.92 Å². The summed E-state index contributed by atoms with van der Waals surface area (Å²) in [5.74, 6) is -1.27. The molecule has 1 aliphatic rings. The number of hydrogen-bond donors (Lipinski definition) is 0. The quantitative estimate of drug-likeness (QED) is 0.771. The van der Waals surface area contributed by atoms with Crippen LogP contribution < -0.4 is 4.74 Å². The van der Waals surface area contributed by atoms with Crippen LogP contribution in [0.4, 0.5) is 8.78 Å². The lowest BCUT2D eigenvalue weighted by molar-refractivity contribution is -0.0498. The summed E-state index contributed by atoms with van der Waals surface area (Å²) in [6, 6.07) is 7.94. The first-order valence-electron chi connectivity index (χ1n) is 6.69. The number of para-hydroxylation sites is 1. The monoisotopic (exact) mass is 254 g/mol. The Hall–Kier alpha value is -1.12. The maximum absolute atomic E-state index is 13.0. The van der Waals surface area contributed by atoms with Crippen molar-refractivity contribution in [2.24, 2.45) is 5.92 Å². The van der Waals surface area contributed by atoms with Gasteiger partial charge in [0.25, 0.3) is 0 Å². The Balaban J connectivity index is 1.85. The molecule has 1 saturated carbocycles. The van der Waals surface area contributed by atoms with Gasteiger partial charge in [0.2, 0.25) is 5.92 Å². The number of halogens is 2. The molecule has 1 aromatic carbocycles. The minimum absolute atomic E-state index is 0.0104. The minimum atomic E-state index is -2.45. The first-order valence-corrected chi connectivity index (χ1v) is 6.69. The standard InChI is InChI=1S/C15H20F2O/c1-2-13-5-3-4-6-14(13)18-11-12-7-9-15(16,17)10-8-12/h3-6,12H,2,7-11H2,1H3. The Morgan fingerprint density at radius 1 is 1.22 bits per heavy atom. The third kappa shape index (κ3) is 3.44. The molecule has 0 atom stereocenters. The van der Waals surface area contributed by atoms with E-state index in [0.717, 1.165) is 12.2 Å². The molecule has 0 saturated heterocycles. The number of benzene rings is 1. The van der Waals surface area contributed by atoms with Crippen molar-refractivity contribution in [3.8, 4) is 5.75 Å². The van der Waals surface area contributed by atoms with Gasteiger partial charge in [0.1, 0.15) is 5.75 Å². The fraction of sp³-hybridized carbons (Fsp3) is 0.600. The second kappa shape index (κ2) is 5.68. The van der Waals surface area contributed by atoms with Crippen molar-refractivity contribution in [3.05, 3.63) is 29.8 Å². The van der Waals surface area contributed by atoms with Gasteiger partial charge in [-0.25, -0.2) is 8.78 Å². The molecular formula is C15H20F2O. The molecule has 100 valence electrons. The van der Waals surface area contributed by atoms with E-state index < -0.39 is 5.92 Å². The largest absolute Gasteiger partial charge is 0.493 e. The highest BCUT2D eigenvalue weighted by molar-refractivity contribution is 5.33. The van der Waals surface area contributed by atoms with E-state index in [4.69, 9.17) is 4.74 Å². The van der Waals surface area contributed by atoms with Gasteiger partial charge in [-0.2, -0.15) is 0 Å². The lowest BCUT2D eigenvalue weighted by Crippen LogP contribution is -2.27. The lowest BCUT2D eigenvalue weighted by Gasteiger charge is -2.28. The molecule has 0 spiro atoms. The summed E-state index contributed by atoms with van der Waals surface area (Å²) < 4.78 is 31.8. The maximum Gasteiger partial charge on any atom is 0.248 e. The zero-order chi connectivity index (χ0) is 13.0. The van der Waals surface area contributed by atoms with Crippen molar-refractivity contribution >= 4 is 0 Å². The van der Waals surface area contributed by atoms with Crippen LogP contribution in [0.1, 0.15) is 38.2 Å². The van der Waals surface area contributed by atoms with Crippen LogP contribution >= 0.6 is 0 Å². The lowest BCUT2D eigenvalue weighted by atomic mass is 9.87. The summed E-state index contributed by atoms with van der Waals surface area (Å²) in [5.41, 5.74) is 1.18. The molecule has 0 amide bonds. The van der Waals surface area contributed by atoms with Gasteiger partial charge in [0, 0.05) is 12.8 Å². The van der Waals surface area contributed by atoms with Gasteiger partial charge in [-0.1, -0.05) is 25.1 Å². The molecule has 0 aromatic heterocycles. The molecule has 0 heterocycles. The van der Waals surface area contributed by atoms with Gasteiger partial charge in [-0.05, 0) is 36.8 Å². The van der Waals surface area contributed by atoms with E-state index >= 15 is 0 Å². The SMILES string of the molecule is CCc1ccccc1OCC1CCC(F)(F)CC1. The first kappa shape index (κ1) is 13.3. The Kier molecular flexibility index (Phi) is 4.20. The fourth-order valence-corrected chi connectivity index (χ4v) is 2.41. The van der Waals surface area contributed by atoms with Crippen molar-refractivity contribution in [2.45, 2.75) is 45.0 Å². The van der Waals surface area contributed by atoms with Crippen LogP contribution in [0.2, 0.25) is 0 Å². The van der Waals surface area contributed by atoms with Crippen molar-refractivity contribution in [2.75, 3.05) is 6.61 Å². The normalized spacial score (nSPS) is 19.7. The van der Waals surface area contributed by atoms with Gasteiger partial charge in [0.05, 0.1) is 6.61 Å². The summed E-state index contributed by atoms with van der Waals surface area (Å²) in [4.78, 5) is 0. The smallest absolute Gasteiger partial charge is 0.248 e. The topological polar surface area (TPSA) is 9.23 Å². The molecule has 0 N–H and O–H groups in total. The Bertz CT molecular complexity index is 380. The van der Waals surface area contributed by atoms with Crippen LogP contribution in [0.25, 0.3) is 0 Å². The number of alkyl halides is 2. The van der Waals surface area contributed by atoms with E-state index in [1.807, 2.05) is 24.3 Å². The predicted octanol–water partition coefficient (Wildman–Crippen LogP) is 4.45. The van der Waals surface area contributed by atoms with E-state index in [9.17, 15) is 8.78 Å². The van der Waals surface area contributed by atoms with Crippen LogP contribution in [-0.4, -0.2) is 12.5 Å². The van der Waals surface area contributed by atoms with Crippen molar-refractivity contribution in [3.63, 3.8) is 0 Å². The van der Waals surface area contributed by atoms with Gasteiger partial charge >= 0.3 is 0 Å². The van der Waals surface area contributed by atoms with Crippen molar-refractivity contribution < 1.29 is 13.5 Å². The number of ether oxygens (including phenoxy) is 1. The minimum Gasteiger partial charge on any atom is -0.493 e. The number of rotatable bonds is 4. The van der Waals surface area contributed by atoms with Gasteiger partial charge in [0.15, 0.2) is 0 Å². The predicted molar refractivity (Wildman–Crippen MR) is 68.2 cm³/mol. The molecule has 1 nitrogen and oxygen atoms in total. The van der Waals surface area contributed by atoms with Gasteiger partial charge < -0.3 is 4.74 Å². The Morgan fingerprint density at radius 3 is 2.56 bits per heavy atom. The highest BCUT2D eigenvalue weighted by Gasteiger charge is 2.34. The summed E-state index contributed by atoms with van der Waals surface area (Å²) in [6.07, 6.45) is 2.09.